The molecule has 24 heavy (non-hydrogen) atoms. The van der Waals surface area contributed by atoms with E-state index in [9.17, 15) is 4.79 Å². The van der Waals surface area contributed by atoms with Crippen LogP contribution >= 0.6 is 11.3 Å². The van der Waals surface area contributed by atoms with Gasteiger partial charge in [-0.2, -0.15) is 0 Å². The van der Waals surface area contributed by atoms with E-state index in [0.29, 0.717) is 21.9 Å². The summed E-state index contributed by atoms with van der Waals surface area (Å²) < 4.78 is 12.2. The monoisotopic (exact) mass is 337 g/mol. The molecule has 4 nitrogen and oxygen atoms in total. The van der Waals surface area contributed by atoms with Crippen LogP contribution in [0.15, 0.2) is 57.7 Å². The minimum atomic E-state index is -0.386. The number of para-hydroxylation sites is 1. The SMILES string of the molecule is CC(C)Oc1ccc2cc(-c3nc4ccccc4s3)c(=O)oc2c1. The van der Waals surface area contributed by atoms with Gasteiger partial charge < -0.3 is 9.15 Å². The van der Waals surface area contributed by atoms with Crippen molar-refractivity contribution in [2.75, 3.05) is 0 Å². The molecule has 2 heterocycles. The summed E-state index contributed by atoms with van der Waals surface area (Å²) in [5.74, 6) is 0.688. The van der Waals surface area contributed by atoms with Crippen LogP contribution in [0.4, 0.5) is 0 Å². The molecule has 0 atom stereocenters. The van der Waals surface area contributed by atoms with E-state index < -0.39 is 0 Å². The third-order valence-electron chi connectivity index (χ3n) is 3.60. The molecule has 2 aromatic carbocycles. The maximum atomic E-state index is 12.4. The molecule has 120 valence electrons. The van der Waals surface area contributed by atoms with Crippen LogP contribution < -0.4 is 10.4 Å². The van der Waals surface area contributed by atoms with Gasteiger partial charge in [-0.15, -0.1) is 11.3 Å². The summed E-state index contributed by atoms with van der Waals surface area (Å²) in [4.78, 5) is 16.9. The third-order valence-corrected chi connectivity index (χ3v) is 4.67. The van der Waals surface area contributed by atoms with Gasteiger partial charge in [0.05, 0.1) is 21.9 Å². The number of aromatic nitrogens is 1. The molecule has 4 rings (SSSR count). The predicted octanol–water partition coefficient (Wildman–Crippen LogP) is 4.86. The molecule has 0 aliphatic heterocycles. The van der Waals surface area contributed by atoms with Crippen LogP contribution in [-0.2, 0) is 0 Å². The average Bonchev–Trinajstić information content (AvgIpc) is 2.97. The van der Waals surface area contributed by atoms with Crippen molar-refractivity contribution in [3.05, 3.63) is 59.0 Å². The van der Waals surface area contributed by atoms with Crippen molar-refractivity contribution in [1.29, 1.82) is 0 Å². The number of nitrogens with zero attached hydrogens (tertiary/aromatic N) is 1. The molecule has 2 aromatic heterocycles. The van der Waals surface area contributed by atoms with E-state index in [4.69, 9.17) is 9.15 Å². The summed E-state index contributed by atoms with van der Waals surface area (Å²) in [7, 11) is 0. The molecule has 0 unspecified atom stereocenters. The first-order chi connectivity index (χ1) is 11.6. The Kier molecular flexibility index (Phi) is 3.58. The van der Waals surface area contributed by atoms with E-state index in [2.05, 4.69) is 4.98 Å². The van der Waals surface area contributed by atoms with Gasteiger partial charge in [0.2, 0.25) is 0 Å². The van der Waals surface area contributed by atoms with Crippen LogP contribution in [0.1, 0.15) is 13.8 Å². The second-order valence-corrected chi connectivity index (χ2v) is 6.83. The minimum Gasteiger partial charge on any atom is -0.491 e. The van der Waals surface area contributed by atoms with E-state index in [1.54, 1.807) is 6.07 Å². The zero-order chi connectivity index (χ0) is 16.7. The molecule has 0 spiro atoms. The Morgan fingerprint density at radius 2 is 1.96 bits per heavy atom. The second-order valence-electron chi connectivity index (χ2n) is 5.80. The number of benzene rings is 2. The van der Waals surface area contributed by atoms with Crippen LogP contribution in [0.3, 0.4) is 0 Å². The fraction of sp³-hybridized carbons (Fsp3) is 0.158. The van der Waals surface area contributed by atoms with Crippen LogP contribution in [-0.4, -0.2) is 11.1 Å². The normalized spacial score (nSPS) is 11.5. The quantitative estimate of drug-likeness (QED) is 0.501. The van der Waals surface area contributed by atoms with Gasteiger partial charge in [0, 0.05) is 11.5 Å². The van der Waals surface area contributed by atoms with Gasteiger partial charge in [-0.25, -0.2) is 9.78 Å². The summed E-state index contributed by atoms with van der Waals surface area (Å²) in [6.07, 6.45) is 0.0659. The smallest absolute Gasteiger partial charge is 0.346 e. The summed E-state index contributed by atoms with van der Waals surface area (Å²) in [6, 6.07) is 15.2. The highest BCUT2D eigenvalue weighted by atomic mass is 32.1. The highest BCUT2D eigenvalue weighted by molar-refractivity contribution is 7.21. The highest BCUT2D eigenvalue weighted by Gasteiger charge is 2.13. The van der Waals surface area contributed by atoms with E-state index in [-0.39, 0.29) is 11.7 Å². The lowest BCUT2D eigenvalue weighted by molar-refractivity contribution is 0.242. The van der Waals surface area contributed by atoms with E-state index >= 15 is 0 Å². The third kappa shape index (κ3) is 2.67. The molecular formula is C19H15NO3S. The first kappa shape index (κ1) is 14.9. The standard InChI is InChI=1S/C19H15NO3S/c1-11(2)22-13-8-7-12-9-14(19(21)23-16(12)10-13)18-20-15-5-3-4-6-17(15)24-18/h3-11H,1-2H3. The van der Waals surface area contributed by atoms with Crippen molar-refractivity contribution in [2.45, 2.75) is 20.0 Å². The van der Waals surface area contributed by atoms with Crippen molar-refractivity contribution < 1.29 is 9.15 Å². The van der Waals surface area contributed by atoms with Crippen molar-refractivity contribution >= 4 is 32.5 Å². The fourth-order valence-corrected chi connectivity index (χ4v) is 3.54. The Morgan fingerprint density at radius 1 is 1.12 bits per heavy atom. The minimum absolute atomic E-state index is 0.0659. The van der Waals surface area contributed by atoms with Gasteiger partial charge in [0.15, 0.2) is 0 Å². The second kappa shape index (κ2) is 5.76. The summed E-state index contributed by atoms with van der Waals surface area (Å²) in [5, 5.41) is 1.52. The Balaban J connectivity index is 1.84. The Labute approximate surface area is 142 Å². The van der Waals surface area contributed by atoms with E-state index in [1.807, 2.05) is 56.3 Å². The van der Waals surface area contributed by atoms with Crippen LogP contribution in [0.5, 0.6) is 5.75 Å². The lowest BCUT2D eigenvalue weighted by Gasteiger charge is -2.09. The van der Waals surface area contributed by atoms with Crippen LogP contribution in [0.2, 0.25) is 0 Å². The molecule has 0 amide bonds. The zero-order valence-corrected chi connectivity index (χ0v) is 14.1. The van der Waals surface area contributed by atoms with Gasteiger partial charge in [-0.3, -0.25) is 0 Å². The Hall–Kier alpha value is -2.66. The van der Waals surface area contributed by atoms with Crippen molar-refractivity contribution in [3.63, 3.8) is 0 Å². The summed E-state index contributed by atoms with van der Waals surface area (Å²) in [6.45, 7) is 3.91. The molecule has 4 aromatic rings. The van der Waals surface area contributed by atoms with E-state index in [0.717, 1.165) is 15.6 Å². The number of thiazole rings is 1. The number of ether oxygens (including phenoxy) is 1. The molecule has 0 radical (unpaired) electrons. The molecule has 0 aliphatic carbocycles. The van der Waals surface area contributed by atoms with Crippen molar-refractivity contribution in [3.8, 4) is 16.3 Å². The zero-order valence-electron chi connectivity index (χ0n) is 13.3. The number of rotatable bonds is 3. The van der Waals surface area contributed by atoms with Gasteiger partial charge in [-0.1, -0.05) is 12.1 Å². The topological polar surface area (TPSA) is 52.3 Å². The van der Waals surface area contributed by atoms with Crippen molar-refractivity contribution in [2.24, 2.45) is 0 Å². The predicted molar refractivity (Wildman–Crippen MR) is 96.9 cm³/mol. The average molecular weight is 337 g/mol. The lowest BCUT2D eigenvalue weighted by Crippen LogP contribution is -2.06. The van der Waals surface area contributed by atoms with Gasteiger partial charge in [0.1, 0.15) is 16.3 Å². The maximum absolute atomic E-state index is 12.4. The van der Waals surface area contributed by atoms with Gasteiger partial charge in [-0.05, 0) is 44.2 Å². The van der Waals surface area contributed by atoms with Gasteiger partial charge in [0.25, 0.3) is 0 Å². The molecule has 5 heteroatoms. The Bertz CT molecular complexity index is 1060. The summed E-state index contributed by atoms with van der Waals surface area (Å²) in [5.41, 5.74) is 1.50. The van der Waals surface area contributed by atoms with Crippen LogP contribution in [0, 0.1) is 0 Å². The molecule has 0 saturated heterocycles. The molecule has 0 aliphatic rings. The molecule has 0 bridgehead atoms. The van der Waals surface area contributed by atoms with E-state index in [1.165, 1.54) is 11.3 Å². The fourth-order valence-electron chi connectivity index (χ4n) is 2.57. The molecule has 0 saturated carbocycles. The van der Waals surface area contributed by atoms with Crippen LogP contribution in [0.25, 0.3) is 31.8 Å². The summed E-state index contributed by atoms with van der Waals surface area (Å²) >= 11 is 1.49. The molecular weight excluding hydrogens is 322 g/mol. The van der Waals surface area contributed by atoms with Crippen molar-refractivity contribution in [1.82, 2.24) is 4.98 Å². The highest BCUT2D eigenvalue weighted by Crippen LogP contribution is 2.30. The Morgan fingerprint density at radius 3 is 2.75 bits per heavy atom. The first-order valence-electron chi connectivity index (χ1n) is 7.71. The maximum Gasteiger partial charge on any atom is 0.346 e. The van der Waals surface area contributed by atoms with Gasteiger partial charge >= 0.3 is 5.63 Å². The number of hydrogen-bond donors (Lipinski definition) is 0. The number of hydrogen-bond acceptors (Lipinski definition) is 5. The lowest BCUT2D eigenvalue weighted by atomic mass is 10.2. The number of fused-ring (bicyclic) bond motifs is 2. The molecule has 0 fully saturated rings. The largest absolute Gasteiger partial charge is 0.491 e. The molecule has 0 N–H and O–H groups in total. The first-order valence-corrected chi connectivity index (χ1v) is 8.52.